The zero-order valence-electron chi connectivity index (χ0n) is 13.4. The Hall–Kier alpha value is -1.06. The molecule has 0 aliphatic carbocycles. The van der Waals surface area contributed by atoms with Gasteiger partial charge in [-0.25, -0.2) is 0 Å². The second kappa shape index (κ2) is 5.62. The van der Waals surface area contributed by atoms with Crippen LogP contribution in [0.25, 0.3) is 0 Å². The quantitative estimate of drug-likeness (QED) is 0.628. The number of benzene rings is 1. The first kappa shape index (κ1) is 16.3. The summed E-state index contributed by atoms with van der Waals surface area (Å²) >= 11 is 6.39. The molecule has 0 spiro atoms. The minimum absolute atomic E-state index is 0.0217. The Labute approximate surface area is 132 Å². The molecule has 1 aliphatic rings. The SMILES string of the molecule is C[C@H](Cl)[C@]1(C)[C@H](OCc2ccccc2)C(=O)N1C(C)(C)C. The highest BCUT2D eigenvalue weighted by molar-refractivity contribution is 6.22. The molecule has 1 aliphatic heterocycles. The fraction of sp³-hybridized carbons (Fsp3) is 0.588. The van der Waals surface area contributed by atoms with Gasteiger partial charge in [0.15, 0.2) is 6.10 Å². The van der Waals surface area contributed by atoms with E-state index in [9.17, 15) is 4.79 Å². The Morgan fingerprint density at radius 1 is 1.33 bits per heavy atom. The second-order valence-corrected chi connectivity index (χ2v) is 7.52. The predicted octanol–water partition coefficient (Wildman–Crippen LogP) is 3.60. The summed E-state index contributed by atoms with van der Waals surface area (Å²) in [5.41, 5.74) is 0.317. The van der Waals surface area contributed by atoms with E-state index in [1.807, 2.05) is 69.9 Å². The van der Waals surface area contributed by atoms with Crippen molar-refractivity contribution in [2.75, 3.05) is 0 Å². The van der Waals surface area contributed by atoms with Gasteiger partial charge in [0.05, 0.1) is 17.5 Å². The van der Waals surface area contributed by atoms with Crippen LogP contribution in [0.1, 0.15) is 40.2 Å². The molecule has 21 heavy (non-hydrogen) atoms. The molecule has 1 saturated heterocycles. The first-order chi connectivity index (χ1) is 9.69. The van der Waals surface area contributed by atoms with Crippen molar-refractivity contribution in [2.24, 2.45) is 0 Å². The normalized spacial score (nSPS) is 27.4. The Kier molecular flexibility index (Phi) is 4.36. The molecule has 1 aromatic rings. The van der Waals surface area contributed by atoms with E-state index in [-0.39, 0.29) is 16.8 Å². The predicted molar refractivity (Wildman–Crippen MR) is 85.3 cm³/mol. The number of amides is 1. The van der Waals surface area contributed by atoms with Crippen molar-refractivity contribution in [3.63, 3.8) is 0 Å². The molecule has 116 valence electrons. The van der Waals surface area contributed by atoms with Crippen LogP contribution >= 0.6 is 11.6 Å². The maximum atomic E-state index is 12.5. The third kappa shape index (κ3) is 2.82. The van der Waals surface area contributed by atoms with E-state index in [2.05, 4.69) is 0 Å². The monoisotopic (exact) mass is 309 g/mol. The standard InChI is InChI=1S/C17H24ClNO2/c1-12(18)17(5)14(15(20)19(17)16(2,3)4)21-11-13-9-7-6-8-10-13/h6-10,12,14H,11H2,1-5H3/t12-,14+,17+/m0/s1. The molecular formula is C17H24ClNO2. The van der Waals surface area contributed by atoms with Crippen LogP contribution in [-0.4, -0.2) is 33.4 Å². The highest BCUT2D eigenvalue weighted by Crippen LogP contribution is 2.44. The average molecular weight is 310 g/mol. The molecule has 3 atom stereocenters. The van der Waals surface area contributed by atoms with Crippen LogP contribution in [-0.2, 0) is 16.1 Å². The summed E-state index contributed by atoms with van der Waals surface area (Å²) in [7, 11) is 0. The van der Waals surface area contributed by atoms with Crippen molar-refractivity contribution >= 4 is 17.5 Å². The van der Waals surface area contributed by atoms with Gasteiger partial charge in [-0.2, -0.15) is 0 Å². The maximum absolute atomic E-state index is 12.5. The molecule has 1 fully saturated rings. The van der Waals surface area contributed by atoms with Crippen molar-refractivity contribution < 1.29 is 9.53 Å². The number of nitrogens with zero attached hydrogens (tertiary/aromatic N) is 1. The van der Waals surface area contributed by atoms with E-state index in [1.54, 1.807) is 0 Å². The number of carbonyl (C=O) groups is 1. The third-order valence-corrected chi connectivity index (χ3v) is 4.63. The average Bonchev–Trinajstić information content (AvgIpc) is 2.37. The number of likely N-dealkylation sites (tertiary alicyclic amines) is 1. The van der Waals surface area contributed by atoms with Gasteiger partial charge in [0.2, 0.25) is 0 Å². The van der Waals surface area contributed by atoms with E-state index in [0.29, 0.717) is 6.61 Å². The number of alkyl halides is 1. The molecule has 1 amide bonds. The Bertz CT molecular complexity index is 509. The minimum atomic E-state index is -0.482. The van der Waals surface area contributed by atoms with Crippen molar-refractivity contribution in [2.45, 2.75) is 63.8 Å². The lowest BCUT2D eigenvalue weighted by Crippen LogP contribution is -2.80. The van der Waals surface area contributed by atoms with Gasteiger partial charge in [-0.1, -0.05) is 30.3 Å². The number of hydrogen-bond acceptors (Lipinski definition) is 2. The van der Waals surface area contributed by atoms with E-state index in [0.717, 1.165) is 5.56 Å². The smallest absolute Gasteiger partial charge is 0.255 e. The first-order valence-electron chi connectivity index (χ1n) is 7.33. The van der Waals surface area contributed by atoms with Crippen LogP contribution in [0.2, 0.25) is 0 Å². The fourth-order valence-corrected chi connectivity index (χ4v) is 3.30. The van der Waals surface area contributed by atoms with Crippen LogP contribution in [0.15, 0.2) is 30.3 Å². The topological polar surface area (TPSA) is 29.5 Å². The maximum Gasteiger partial charge on any atom is 0.255 e. The molecule has 0 radical (unpaired) electrons. The van der Waals surface area contributed by atoms with E-state index < -0.39 is 11.6 Å². The van der Waals surface area contributed by atoms with Crippen LogP contribution in [0.3, 0.4) is 0 Å². The molecule has 1 heterocycles. The summed E-state index contributed by atoms with van der Waals surface area (Å²) in [5, 5.41) is -0.185. The lowest BCUT2D eigenvalue weighted by Gasteiger charge is -2.61. The van der Waals surface area contributed by atoms with Crippen LogP contribution in [0.5, 0.6) is 0 Å². The van der Waals surface area contributed by atoms with Gasteiger partial charge in [0.1, 0.15) is 0 Å². The lowest BCUT2D eigenvalue weighted by molar-refractivity contribution is -0.208. The summed E-state index contributed by atoms with van der Waals surface area (Å²) in [6.45, 7) is 10.4. The fourth-order valence-electron chi connectivity index (χ4n) is 3.09. The summed E-state index contributed by atoms with van der Waals surface area (Å²) < 4.78 is 5.90. The molecule has 0 N–H and O–H groups in total. The molecule has 0 bridgehead atoms. The molecule has 4 heteroatoms. The second-order valence-electron chi connectivity index (χ2n) is 6.86. The number of hydrogen-bond donors (Lipinski definition) is 0. The largest absolute Gasteiger partial charge is 0.361 e. The van der Waals surface area contributed by atoms with Crippen LogP contribution in [0.4, 0.5) is 0 Å². The molecule has 1 aromatic carbocycles. The zero-order chi connectivity index (χ0) is 15.8. The van der Waals surface area contributed by atoms with Crippen molar-refractivity contribution in [3.05, 3.63) is 35.9 Å². The number of rotatable bonds is 4. The number of ether oxygens (including phenoxy) is 1. The zero-order valence-corrected chi connectivity index (χ0v) is 14.1. The third-order valence-electron chi connectivity index (χ3n) is 4.19. The van der Waals surface area contributed by atoms with Gasteiger partial charge in [-0.15, -0.1) is 11.6 Å². The van der Waals surface area contributed by atoms with Crippen molar-refractivity contribution in [3.8, 4) is 0 Å². The molecule has 0 saturated carbocycles. The van der Waals surface area contributed by atoms with E-state index in [4.69, 9.17) is 16.3 Å². The Balaban J connectivity index is 2.14. The Morgan fingerprint density at radius 3 is 2.38 bits per heavy atom. The van der Waals surface area contributed by atoms with E-state index >= 15 is 0 Å². The summed E-state index contributed by atoms with van der Waals surface area (Å²) in [5.74, 6) is 0.0217. The van der Waals surface area contributed by atoms with Gasteiger partial charge in [0, 0.05) is 5.54 Å². The van der Waals surface area contributed by atoms with Crippen LogP contribution < -0.4 is 0 Å². The van der Waals surface area contributed by atoms with E-state index in [1.165, 1.54) is 0 Å². The van der Waals surface area contributed by atoms with Crippen molar-refractivity contribution in [1.82, 2.24) is 4.90 Å². The summed E-state index contributed by atoms with van der Waals surface area (Å²) in [4.78, 5) is 14.3. The highest BCUT2D eigenvalue weighted by atomic mass is 35.5. The number of halogens is 1. The van der Waals surface area contributed by atoms with Gasteiger partial charge < -0.3 is 9.64 Å². The first-order valence-corrected chi connectivity index (χ1v) is 7.76. The number of carbonyl (C=O) groups excluding carboxylic acids is 1. The minimum Gasteiger partial charge on any atom is -0.361 e. The van der Waals surface area contributed by atoms with Crippen molar-refractivity contribution in [1.29, 1.82) is 0 Å². The summed E-state index contributed by atoms with van der Waals surface area (Å²) in [6, 6.07) is 9.88. The van der Waals surface area contributed by atoms with Gasteiger partial charge in [0.25, 0.3) is 5.91 Å². The molecule has 0 unspecified atom stereocenters. The number of β-lactam (4-membered cyclic amide) rings is 1. The lowest BCUT2D eigenvalue weighted by atomic mass is 9.75. The van der Waals surface area contributed by atoms with Crippen LogP contribution in [0, 0.1) is 0 Å². The highest BCUT2D eigenvalue weighted by Gasteiger charge is 2.63. The molecule has 0 aromatic heterocycles. The van der Waals surface area contributed by atoms with Gasteiger partial charge in [-0.3, -0.25) is 4.79 Å². The molecular weight excluding hydrogens is 286 g/mol. The van der Waals surface area contributed by atoms with Gasteiger partial charge >= 0.3 is 0 Å². The van der Waals surface area contributed by atoms with Gasteiger partial charge in [-0.05, 0) is 40.2 Å². The molecule has 3 nitrogen and oxygen atoms in total. The molecule has 2 rings (SSSR count). The Morgan fingerprint density at radius 2 is 1.90 bits per heavy atom. The summed E-state index contributed by atoms with van der Waals surface area (Å²) in [6.07, 6.45) is -0.482.